The lowest BCUT2D eigenvalue weighted by Crippen LogP contribution is -2.49. The molecule has 1 amide bonds. The number of aromatic nitrogens is 2. The molecule has 2 aromatic carbocycles. The van der Waals surface area contributed by atoms with Gasteiger partial charge in [0.05, 0.1) is 0 Å². The van der Waals surface area contributed by atoms with Crippen molar-refractivity contribution in [2.24, 2.45) is 0 Å². The quantitative estimate of drug-likeness (QED) is 0.685. The fraction of sp³-hybridized carbons (Fsp3) is 0.261. The molecule has 0 unspecified atom stereocenters. The molecule has 0 radical (unpaired) electrons. The van der Waals surface area contributed by atoms with Gasteiger partial charge in [0, 0.05) is 49.2 Å². The van der Waals surface area contributed by atoms with Gasteiger partial charge in [-0.15, -0.1) is 0 Å². The van der Waals surface area contributed by atoms with Gasteiger partial charge in [-0.3, -0.25) is 4.79 Å². The van der Waals surface area contributed by atoms with Gasteiger partial charge in [-0.2, -0.15) is 4.98 Å². The maximum absolute atomic E-state index is 13.5. The number of nitrogens with zero attached hydrogens (tertiary/aromatic N) is 4. The molecule has 0 atom stereocenters. The van der Waals surface area contributed by atoms with Crippen LogP contribution in [0.5, 0.6) is 0 Å². The molecule has 0 saturated carbocycles. The number of benzene rings is 2. The monoisotopic (exact) mass is 423 g/mol. The molecule has 1 fully saturated rings. The summed E-state index contributed by atoms with van der Waals surface area (Å²) in [5.41, 5.74) is 3.10. The minimum atomic E-state index is -1.02. The summed E-state index contributed by atoms with van der Waals surface area (Å²) in [4.78, 5) is 25.4. The number of hydrogen-bond acceptors (Lipinski definition) is 5. The van der Waals surface area contributed by atoms with Gasteiger partial charge in [0.2, 0.25) is 5.95 Å². The molecule has 1 saturated heterocycles. The van der Waals surface area contributed by atoms with Gasteiger partial charge in [0.25, 0.3) is 5.91 Å². The van der Waals surface area contributed by atoms with Crippen molar-refractivity contribution in [3.05, 3.63) is 77.0 Å². The summed E-state index contributed by atoms with van der Waals surface area (Å²) in [6.07, 6.45) is 0. The second kappa shape index (κ2) is 8.67. The average Bonchev–Trinajstić information content (AvgIpc) is 2.76. The minimum absolute atomic E-state index is 0.142. The lowest BCUT2D eigenvalue weighted by Gasteiger charge is -2.35. The van der Waals surface area contributed by atoms with Crippen LogP contribution >= 0.6 is 0 Å². The van der Waals surface area contributed by atoms with Crippen molar-refractivity contribution in [3.8, 4) is 0 Å². The molecule has 3 aromatic rings. The van der Waals surface area contributed by atoms with E-state index in [1.165, 1.54) is 11.6 Å². The van der Waals surface area contributed by atoms with Gasteiger partial charge in [-0.1, -0.05) is 17.7 Å². The van der Waals surface area contributed by atoms with E-state index in [4.69, 9.17) is 0 Å². The Morgan fingerprint density at radius 2 is 1.61 bits per heavy atom. The largest absolute Gasteiger partial charge is 0.340 e. The van der Waals surface area contributed by atoms with Crippen LogP contribution in [-0.2, 0) is 0 Å². The maximum Gasteiger partial charge on any atom is 0.254 e. The summed E-state index contributed by atoms with van der Waals surface area (Å²) in [6.45, 7) is 5.92. The van der Waals surface area contributed by atoms with E-state index in [0.717, 1.165) is 23.5 Å². The summed E-state index contributed by atoms with van der Waals surface area (Å²) in [6, 6.07) is 13.1. The zero-order chi connectivity index (χ0) is 22.0. The highest BCUT2D eigenvalue weighted by atomic mass is 19.2. The van der Waals surface area contributed by atoms with Crippen LogP contribution in [-0.4, -0.2) is 47.0 Å². The Labute approximate surface area is 179 Å². The Kier molecular flexibility index (Phi) is 5.79. The first-order chi connectivity index (χ1) is 14.9. The van der Waals surface area contributed by atoms with Crippen LogP contribution < -0.4 is 10.2 Å². The Morgan fingerprint density at radius 1 is 0.903 bits per heavy atom. The standard InChI is InChI=1S/C23H23F2N5O/c1-15-3-6-18(7-4-15)27-21-13-16(2)26-23(28-21)30-11-9-29(10-12-30)22(31)17-5-8-19(24)20(25)14-17/h3-8,13-14H,9-12H2,1-2H3,(H,26,27,28). The van der Waals surface area contributed by atoms with Crippen molar-refractivity contribution >= 4 is 23.4 Å². The summed E-state index contributed by atoms with van der Waals surface area (Å²) >= 11 is 0. The van der Waals surface area contributed by atoms with Gasteiger partial charge in [-0.25, -0.2) is 13.8 Å². The Hall–Kier alpha value is -3.55. The Bertz CT molecular complexity index is 1100. The zero-order valence-corrected chi connectivity index (χ0v) is 17.4. The van der Waals surface area contributed by atoms with Crippen molar-refractivity contribution in [1.29, 1.82) is 0 Å². The third kappa shape index (κ3) is 4.79. The van der Waals surface area contributed by atoms with Crippen LogP contribution in [0.15, 0.2) is 48.5 Å². The van der Waals surface area contributed by atoms with Crippen LogP contribution in [0.25, 0.3) is 0 Å². The first-order valence-corrected chi connectivity index (χ1v) is 10.1. The van der Waals surface area contributed by atoms with Crippen LogP contribution in [0.2, 0.25) is 0 Å². The fourth-order valence-electron chi connectivity index (χ4n) is 3.46. The third-order valence-corrected chi connectivity index (χ3v) is 5.18. The highest BCUT2D eigenvalue weighted by molar-refractivity contribution is 5.94. The van der Waals surface area contributed by atoms with Crippen molar-refractivity contribution in [2.75, 3.05) is 36.4 Å². The van der Waals surface area contributed by atoms with Gasteiger partial charge in [0.15, 0.2) is 11.6 Å². The molecule has 1 aliphatic rings. The maximum atomic E-state index is 13.5. The van der Waals surface area contributed by atoms with Crippen molar-refractivity contribution in [2.45, 2.75) is 13.8 Å². The van der Waals surface area contributed by atoms with E-state index in [9.17, 15) is 13.6 Å². The van der Waals surface area contributed by atoms with Crippen molar-refractivity contribution in [3.63, 3.8) is 0 Å². The molecule has 6 nitrogen and oxygen atoms in total. The second-order valence-corrected chi connectivity index (χ2v) is 7.59. The highest BCUT2D eigenvalue weighted by Gasteiger charge is 2.24. The van der Waals surface area contributed by atoms with E-state index in [0.29, 0.717) is 37.9 Å². The van der Waals surface area contributed by atoms with E-state index in [-0.39, 0.29) is 11.5 Å². The van der Waals surface area contributed by atoms with Gasteiger partial charge >= 0.3 is 0 Å². The van der Waals surface area contributed by atoms with Crippen molar-refractivity contribution in [1.82, 2.24) is 14.9 Å². The van der Waals surface area contributed by atoms with Crippen LogP contribution in [0.3, 0.4) is 0 Å². The number of anilines is 3. The molecular weight excluding hydrogens is 400 g/mol. The van der Waals surface area contributed by atoms with E-state index >= 15 is 0 Å². The molecule has 31 heavy (non-hydrogen) atoms. The number of amides is 1. The van der Waals surface area contributed by atoms with E-state index in [1.807, 2.05) is 49.1 Å². The zero-order valence-electron chi connectivity index (χ0n) is 17.4. The summed E-state index contributed by atoms with van der Waals surface area (Å²) < 4.78 is 26.6. The lowest BCUT2D eigenvalue weighted by molar-refractivity contribution is 0.0745. The Balaban J connectivity index is 1.43. The topological polar surface area (TPSA) is 61.4 Å². The number of aryl methyl sites for hydroxylation is 2. The third-order valence-electron chi connectivity index (χ3n) is 5.18. The number of piperazine rings is 1. The van der Waals surface area contributed by atoms with E-state index < -0.39 is 11.6 Å². The molecule has 2 heterocycles. The van der Waals surface area contributed by atoms with Crippen LogP contribution in [0.1, 0.15) is 21.6 Å². The molecule has 4 rings (SSSR count). The molecule has 0 aliphatic carbocycles. The first kappa shape index (κ1) is 20.7. The number of rotatable bonds is 4. The SMILES string of the molecule is Cc1ccc(Nc2cc(C)nc(N3CCN(C(=O)c4ccc(F)c(F)c4)CC3)n2)cc1. The van der Waals surface area contributed by atoms with E-state index in [2.05, 4.69) is 15.3 Å². The molecule has 1 aliphatic heterocycles. The molecule has 1 N–H and O–H groups in total. The van der Waals surface area contributed by atoms with Crippen LogP contribution in [0.4, 0.5) is 26.2 Å². The smallest absolute Gasteiger partial charge is 0.254 e. The summed E-state index contributed by atoms with van der Waals surface area (Å²) in [5.74, 6) is -1.01. The predicted molar refractivity (Wildman–Crippen MR) is 116 cm³/mol. The Morgan fingerprint density at radius 3 is 2.29 bits per heavy atom. The van der Waals surface area contributed by atoms with Gasteiger partial charge < -0.3 is 15.1 Å². The second-order valence-electron chi connectivity index (χ2n) is 7.59. The van der Waals surface area contributed by atoms with Gasteiger partial charge in [0.1, 0.15) is 5.82 Å². The number of hydrogen-bond donors (Lipinski definition) is 1. The predicted octanol–water partition coefficient (Wildman–Crippen LogP) is 4.08. The lowest BCUT2D eigenvalue weighted by atomic mass is 10.1. The van der Waals surface area contributed by atoms with Crippen molar-refractivity contribution < 1.29 is 13.6 Å². The molecule has 0 spiro atoms. The highest BCUT2D eigenvalue weighted by Crippen LogP contribution is 2.20. The summed E-state index contributed by atoms with van der Waals surface area (Å²) in [5, 5.41) is 3.30. The average molecular weight is 423 g/mol. The van der Waals surface area contributed by atoms with Crippen LogP contribution in [0, 0.1) is 25.5 Å². The first-order valence-electron chi connectivity index (χ1n) is 10.1. The summed E-state index contributed by atoms with van der Waals surface area (Å²) in [7, 11) is 0. The number of carbonyl (C=O) groups is 1. The van der Waals surface area contributed by atoms with Gasteiger partial charge in [-0.05, 0) is 44.2 Å². The molecule has 1 aromatic heterocycles. The number of carbonyl (C=O) groups excluding carboxylic acids is 1. The number of nitrogens with one attached hydrogen (secondary N) is 1. The fourth-order valence-corrected chi connectivity index (χ4v) is 3.46. The minimum Gasteiger partial charge on any atom is -0.340 e. The molecule has 0 bridgehead atoms. The number of halogens is 2. The molecule has 8 heteroatoms. The van der Waals surface area contributed by atoms with E-state index in [1.54, 1.807) is 4.90 Å². The molecule has 160 valence electrons. The normalized spacial score (nSPS) is 13.9. The molecular formula is C23H23F2N5O.